The second-order valence-corrected chi connectivity index (χ2v) is 8.92. The van der Waals surface area contributed by atoms with Crippen molar-refractivity contribution in [2.45, 2.75) is 46.3 Å². The molecule has 2 heterocycles. The van der Waals surface area contributed by atoms with Gasteiger partial charge in [0.15, 0.2) is 5.69 Å². The van der Waals surface area contributed by atoms with E-state index in [1.165, 1.54) is 15.6 Å². The predicted molar refractivity (Wildman–Crippen MR) is 134 cm³/mol. The van der Waals surface area contributed by atoms with Gasteiger partial charge in [0, 0.05) is 23.9 Å². The molecule has 1 atom stereocenters. The fourth-order valence-electron chi connectivity index (χ4n) is 4.46. The number of carbonyl (C=O) groups excluding carboxylic acids is 3. The molecule has 0 radical (unpaired) electrons. The molecule has 1 aliphatic rings. The number of methoxy groups -OCH3 is 1. The zero-order valence-electron chi connectivity index (χ0n) is 21.1. The molecule has 4 rings (SSSR count). The number of aryl methyl sites for hydroxylation is 1. The molecule has 0 spiro atoms. The van der Waals surface area contributed by atoms with Crippen molar-refractivity contribution >= 4 is 23.5 Å². The number of benzene rings is 2. The Morgan fingerprint density at radius 1 is 1.14 bits per heavy atom. The topological polar surface area (TPSA) is 103 Å². The quantitative estimate of drug-likeness (QED) is 0.509. The third-order valence-electron chi connectivity index (χ3n) is 6.58. The smallest absolute Gasteiger partial charge is 0.358 e. The van der Waals surface area contributed by atoms with E-state index in [0.717, 1.165) is 16.7 Å². The molecule has 1 aromatic heterocycles. The van der Waals surface area contributed by atoms with Crippen molar-refractivity contribution in [2.75, 3.05) is 18.6 Å². The molecule has 1 aliphatic heterocycles. The van der Waals surface area contributed by atoms with Crippen LogP contribution >= 0.6 is 0 Å². The molecule has 3 aromatic rings. The van der Waals surface area contributed by atoms with Crippen molar-refractivity contribution in [3.05, 3.63) is 76.6 Å². The molecule has 188 valence electrons. The number of para-hydroxylation sites is 1. The second kappa shape index (κ2) is 9.85. The number of carbonyl (C=O) groups is 3. The summed E-state index contributed by atoms with van der Waals surface area (Å²) in [5, 5.41) is 7.28. The molecule has 0 fully saturated rings. The SMILES string of the molecule is CCOC(=O)c1cc2n(n1)C[C@](C)(C(=O)NCc1ccccc1OC)N(c1cccc(C)c1C)C2=O. The van der Waals surface area contributed by atoms with Gasteiger partial charge in [0.25, 0.3) is 5.91 Å². The summed E-state index contributed by atoms with van der Waals surface area (Å²) in [4.78, 5) is 41.5. The second-order valence-electron chi connectivity index (χ2n) is 8.92. The molecule has 1 N–H and O–H groups in total. The number of amides is 2. The van der Waals surface area contributed by atoms with Crippen molar-refractivity contribution in [3.63, 3.8) is 0 Å². The normalized spacial score (nSPS) is 16.9. The Morgan fingerprint density at radius 3 is 2.61 bits per heavy atom. The Morgan fingerprint density at radius 2 is 1.89 bits per heavy atom. The molecular formula is C27H30N4O5. The van der Waals surface area contributed by atoms with Gasteiger partial charge in [-0.15, -0.1) is 0 Å². The fraction of sp³-hybridized carbons (Fsp3) is 0.333. The van der Waals surface area contributed by atoms with Gasteiger partial charge in [0.1, 0.15) is 17.0 Å². The Bertz CT molecular complexity index is 1330. The monoisotopic (exact) mass is 490 g/mol. The van der Waals surface area contributed by atoms with Crippen LogP contribution in [0, 0.1) is 13.8 Å². The van der Waals surface area contributed by atoms with Crippen LogP contribution in [0.4, 0.5) is 5.69 Å². The first-order chi connectivity index (χ1) is 17.2. The molecule has 0 saturated heterocycles. The molecule has 9 nitrogen and oxygen atoms in total. The van der Waals surface area contributed by atoms with Crippen molar-refractivity contribution in [1.82, 2.24) is 15.1 Å². The first-order valence-electron chi connectivity index (χ1n) is 11.8. The number of ether oxygens (including phenoxy) is 2. The highest BCUT2D eigenvalue weighted by Crippen LogP contribution is 2.35. The summed E-state index contributed by atoms with van der Waals surface area (Å²) in [6.07, 6.45) is 0. The van der Waals surface area contributed by atoms with Crippen LogP contribution in [0.2, 0.25) is 0 Å². The molecular weight excluding hydrogens is 460 g/mol. The lowest BCUT2D eigenvalue weighted by Crippen LogP contribution is -2.64. The maximum atomic E-state index is 13.9. The van der Waals surface area contributed by atoms with Gasteiger partial charge in [-0.3, -0.25) is 19.2 Å². The molecule has 2 amide bonds. The lowest BCUT2D eigenvalue weighted by atomic mass is 9.92. The minimum atomic E-state index is -1.33. The number of nitrogens with zero attached hydrogens (tertiary/aromatic N) is 3. The highest BCUT2D eigenvalue weighted by molar-refractivity contribution is 6.12. The first-order valence-corrected chi connectivity index (χ1v) is 11.8. The van der Waals surface area contributed by atoms with Gasteiger partial charge in [0.2, 0.25) is 5.91 Å². The van der Waals surface area contributed by atoms with E-state index >= 15 is 0 Å². The lowest BCUT2D eigenvalue weighted by Gasteiger charge is -2.43. The van der Waals surface area contributed by atoms with Crippen LogP contribution in [0.3, 0.4) is 0 Å². The van der Waals surface area contributed by atoms with Gasteiger partial charge in [-0.1, -0.05) is 30.3 Å². The van der Waals surface area contributed by atoms with Crippen LogP contribution < -0.4 is 15.0 Å². The summed E-state index contributed by atoms with van der Waals surface area (Å²) in [5.74, 6) is -0.746. The molecule has 0 aliphatic carbocycles. The minimum absolute atomic E-state index is 0.0276. The van der Waals surface area contributed by atoms with E-state index in [2.05, 4.69) is 10.4 Å². The Kier molecular flexibility index (Phi) is 6.83. The Balaban J connectivity index is 1.76. The van der Waals surface area contributed by atoms with Gasteiger partial charge in [-0.05, 0) is 51.0 Å². The summed E-state index contributed by atoms with van der Waals surface area (Å²) in [6.45, 7) is 7.73. The van der Waals surface area contributed by atoms with Crippen molar-refractivity contribution < 1.29 is 23.9 Å². The lowest BCUT2D eigenvalue weighted by molar-refractivity contribution is -0.126. The summed E-state index contributed by atoms with van der Waals surface area (Å²) in [6, 6.07) is 14.5. The number of fused-ring (bicyclic) bond motifs is 1. The third kappa shape index (κ3) is 4.32. The van der Waals surface area contributed by atoms with Crippen molar-refractivity contribution in [3.8, 4) is 5.75 Å². The average molecular weight is 491 g/mol. The summed E-state index contributed by atoms with van der Waals surface area (Å²) >= 11 is 0. The largest absolute Gasteiger partial charge is 0.496 e. The van der Waals surface area contributed by atoms with Gasteiger partial charge < -0.3 is 14.8 Å². The van der Waals surface area contributed by atoms with E-state index in [1.54, 1.807) is 21.0 Å². The summed E-state index contributed by atoms with van der Waals surface area (Å²) < 4.78 is 11.9. The number of esters is 1. The number of nitrogens with one attached hydrogen (secondary N) is 1. The molecule has 36 heavy (non-hydrogen) atoms. The van der Waals surface area contributed by atoms with E-state index in [1.807, 2.05) is 56.3 Å². The van der Waals surface area contributed by atoms with Crippen LogP contribution in [0.1, 0.15) is 51.5 Å². The number of aromatic nitrogens is 2. The molecule has 0 bridgehead atoms. The molecule has 2 aromatic carbocycles. The predicted octanol–water partition coefficient (Wildman–Crippen LogP) is 3.42. The van der Waals surface area contributed by atoms with Gasteiger partial charge >= 0.3 is 5.97 Å². The van der Waals surface area contributed by atoms with E-state index < -0.39 is 17.4 Å². The number of rotatable bonds is 7. The molecule has 0 unspecified atom stereocenters. The standard InChI is InChI=1S/C27H30N4O5/c1-6-36-25(33)20-14-22-24(32)31(21-12-9-10-17(2)18(21)3)27(4,16-30(22)29-20)26(34)28-15-19-11-7-8-13-23(19)35-5/h7-14H,6,15-16H2,1-5H3,(H,28,34)/t27-/m1/s1. The van der Waals surface area contributed by atoms with Crippen LogP contribution in [-0.4, -0.2) is 46.8 Å². The molecule has 9 heteroatoms. The van der Waals surface area contributed by atoms with E-state index in [-0.39, 0.29) is 37.0 Å². The van der Waals surface area contributed by atoms with Crippen molar-refractivity contribution in [2.24, 2.45) is 0 Å². The fourth-order valence-corrected chi connectivity index (χ4v) is 4.46. The minimum Gasteiger partial charge on any atom is -0.496 e. The van der Waals surface area contributed by atoms with Crippen LogP contribution in [0.25, 0.3) is 0 Å². The summed E-state index contributed by atoms with van der Waals surface area (Å²) in [7, 11) is 1.57. The van der Waals surface area contributed by atoms with Crippen LogP contribution in [-0.2, 0) is 22.6 Å². The van der Waals surface area contributed by atoms with Gasteiger partial charge in [-0.2, -0.15) is 5.10 Å². The Labute approximate surface area is 210 Å². The van der Waals surface area contributed by atoms with E-state index in [0.29, 0.717) is 11.4 Å². The van der Waals surface area contributed by atoms with Crippen LogP contribution in [0.15, 0.2) is 48.5 Å². The van der Waals surface area contributed by atoms with Crippen molar-refractivity contribution in [1.29, 1.82) is 0 Å². The van der Waals surface area contributed by atoms with Gasteiger partial charge in [0.05, 0.1) is 20.3 Å². The number of hydrogen-bond donors (Lipinski definition) is 1. The maximum absolute atomic E-state index is 13.9. The van der Waals surface area contributed by atoms with E-state index in [4.69, 9.17) is 9.47 Å². The summed E-state index contributed by atoms with van der Waals surface area (Å²) in [5.41, 5.74) is 2.22. The maximum Gasteiger partial charge on any atom is 0.358 e. The average Bonchev–Trinajstić information content (AvgIpc) is 3.29. The highest BCUT2D eigenvalue weighted by Gasteiger charge is 2.49. The zero-order valence-corrected chi connectivity index (χ0v) is 21.1. The highest BCUT2D eigenvalue weighted by atomic mass is 16.5. The zero-order chi connectivity index (χ0) is 26.0. The third-order valence-corrected chi connectivity index (χ3v) is 6.58. The molecule has 0 saturated carbocycles. The Hall–Kier alpha value is -4.14. The first kappa shape index (κ1) is 25.0. The van der Waals surface area contributed by atoms with Crippen LogP contribution in [0.5, 0.6) is 5.75 Å². The number of hydrogen-bond acceptors (Lipinski definition) is 6. The van der Waals surface area contributed by atoms with Gasteiger partial charge in [-0.25, -0.2) is 4.79 Å². The number of anilines is 1. The van der Waals surface area contributed by atoms with E-state index in [9.17, 15) is 14.4 Å².